The number of methoxy groups -OCH3 is 2. The van der Waals surface area contributed by atoms with E-state index in [9.17, 15) is 32.0 Å². The molecule has 0 N–H and O–H groups in total. The van der Waals surface area contributed by atoms with Crippen LogP contribution >= 0.6 is 0 Å². The summed E-state index contributed by atoms with van der Waals surface area (Å²) in [6.45, 7) is 4.99. The Hall–Kier alpha value is 0.0139. The number of ether oxygens (including phenoxy) is 2. The number of alkyl halides is 1. The van der Waals surface area contributed by atoms with E-state index in [1.54, 1.807) is 15.5 Å². The molecule has 0 aliphatic carbocycles. The number of hydrogen-bond donors (Lipinski definition) is 0. The predicted octanol–water partition coefficient (Wildman–Crippen LogP) is -4.74. The Bertz CT molecular complexity index is 1700. The first-order valence-electron chi connectivity index (χ1n) is 15.4. The van der Waals surface area contributed by atoms with E-state index in [2.05, 4.69) is 4.89 Å². The SMILES string of the molecule is CCCC(=O)c1c(OC)c(=O)cc2n1C(COS(C)(=O)=O)CC2.CCN1CC2CCc3cc(=O)c(OC)c(n32)C1=O.O=CO[O-].[2H]CF.[Cs+].[Cs+].[H-]. The summed E-state index contributed by atoms with van der Waals surface area (Å²) in [5.41, 5.74) is 1.81. The van der Waals surface area contributed by atoms with Crippen LogP contribution in [0.15, 0.2) is 21.7 Å². The molecule has 2 aromatic heterocycles. The molecule has 15 nitrogen and oxygen atoms in total. The number of aryl methyl sites for hydroxylation is 2. The number of carbonyl (C=O) groups is 3. The third-order valence-electron chi connectivity index (χ3n) is 7.74. The number of Topliss-reactive ketones (excluding diaryl/α,β-unsaturated/α-hetero) is 1. The second kappa shape index (κ2) is 23.6. The van der Waals surface area contributed by atoms with Crippen molar-refractivity contribution in [2.24, 2.45) is 0 Å². The van der Waals surface area contributed by atoms with Crippen LogP contribution in [0.3, 0.4) is 0 Å². The Morgan fingerprint density at radius 1 is 1.06 bits per heavy atom. The molecule has 5 rings (SSSR count). The minimum atomic E-state index is -3.57. The Balaban J connectivity index is 0. The largest absolute Gasteiger partial charge is 1.00 e. The third kappa shape index (κ3) is 12.5. The van der Waals surface area contributed by atoms with Gasteiger partial charge in [-0.2, -0.15) is 8.42 Å². The molecule has 5 heterocycles. The molecule has 0 radical (unpaired) electrons. The molecule has 49 heavy (non-hydrogen) atoms. The number of amides is 1. The molecule has 2 unspecified atom stereocenters. The fourth-order valence-corrected chi connectivity index (χ4v) is 6.32. The molecule has 3 aliphatic rings. The van der Waals surface area contributed by atoms with Gasteiger partial charge in [-0.3, -0.25) is 32.5 Å². The van der Waals surface area contributed by atoms with Crippen LogP contribution in [-0.4, -0.2) is 87.9 Å². The van der Waals surface area contributed by atoms with Crippen molar-refractivity contribution >= 4 is 28.3 Å². The first-order chi connectivity index (χ1) is 22.8. The Morgan fingerprint density at radius 2 is 1.59 bits per heavy atom. The summed E-state index contributed by atoms with van der Waals surface area (Å²) in [6, 6.07) is 3.03. The average Bonchev–Trinajstić information content (AvgIpc) is 3.64. The van der Waals surface area contributed by atoms with Crippen molar-refractivity contribution in [1.29, 1.82) is 0 Å². The molecule has 1 amide bonds. The zero-order valence-corrected chi connectivity index (χ0v) is 42.4. The van der Waals surface area contributed by atoms with Gasteiger partial charge in [-0.15, -0.1) is 0 Å². The topological polar surface area (TPSA) is 193 Å². The van der Waals surface area contributed by atoms with Crippen LogP contribution in [0.1, 0.15) is 86.8 Å². The minimum absolute atomic E-state index is 0. The fourth-order valence-electron chi connectivity index (χ4n) is 5.91. The van der Waals surface area contributed by atoms with Gasteiger partial charge in [0.1, 0.15) is 5.69 Å². The molecule has 0 saturated heterocycles. The summed E-state index contributed by atoms with van der Waals surface area (Å²) in [5.74, 6) is -0.0757. The van der Waals surface area contributed by atoms with E-state index in [1.807, 2.05) is 18.4 Å². The van der Waals surface area contributed by atoms with Gasteiger partial charge in [-0.1, -0.05) is 6.92 Å². The van der Waals surface area contributed by atoms with Gasteiger partial charge in [0.15, 0.2) is 23.0 Å². The molecule has 19 heteroatoms. The number of pyridine rings is 2. The van der Waals surface area contributed by atoms with Crippen molar-refractivity contribution < 1.29 is 192 Å². The second-order valence-electron chi connectivity index (χ2n) is 10.6. The molecular formula is C30H42Cs2FN3O12S. The summed E-state index contributed by atoms with van der Waals surface area (Å²) in [5, 5.41) is 8.43. The summed E-state index contributed by atoms with van der Waals surface area (Å²) in [6.07, 6.45) is 4.96. The Morgan fingerprint density at radius 3 is 2.08 bits per heavy atom. The summed E-state index contributed by atoms with van der Waals surface area (Å²) in [4.78, 5) is 62.0. The molecule has 0 aromatic carbocycles. The number of aromatic nitrogens is 2. The van der Waals surface area contributed by atoms with E-state index in [-0.39, 0.29) is 198 Å². The van der Waals surface area contributed by atoms with Crippen molar-refractivity contribution in [2.45, 2.75) is 64.5 Å². The van der Waals surface area contributed by atoms with Gasteiger partial charge in [0.05, 0.1) is 47.7 Å². The first-order valence-corrected chi connectivity index (χ1v) is 16.5. The van der Waals surface area contributed by atoms with Crippen LogP contribution in [0.25, 0.3) is 0 Å². The van der Waals surface area contributed by atoms with Gasteiger partial charge in [-0.25, -0.2) is 0 Å². The molecule has 264 valence electrons. The first kappa shape index (κ1) is 47.0. The van der Waals surface area contributed by atoms with Gasteiger partial charge >= 0.3 is 138 Å². The normalized spacial score (nSPS) is 16.6. The number of hydrogen-bond acceptors (Lipinski definition) is 12. The molecule has 0 bridgehead atoms. The fraction of sp³-hybridized carbons (Fsp3) is 0.567. The van der Waals surface area contributed by atoms with E-state index in [0.717, 1.165) is 31.3 Å². The van der Waals surface area contributed by atoms with E-state index in [1.165, 1.54) is 20.3 Å². The second-order valence-corrected chi connectivity index (χ2v) is 12.2. The molecule has 2 atom stereocenters. The number of carbonyl (C=O) groups excluding carboxylic acids is 3. The maximum Gasteiger partial charge on any atom is 1.00 e. The van der Waals surface area contributed by atoms with Crippen LogP contribution < -0.4 is 163 Å². The molecule has 2 aromatic rings. The summed E-state index contributed by atoms with van der Waals surface area (Å²) >= 11 is 0. The van der Waals surface area contributed by atoms with Crippen LogP contribution in [0, 0.1) is 0 Å². The van der Waals surface area contributed by atoms with Crippen molar-refractivity contribution in [3.05, 3.63) is 55.4 Å². The standard InChI is InChI=1S/C15H21NO6S.C13H16N2O3.CH3F.CH2O3.2Cs.H/c1-4-5-12(17)14-15(21-2)13(18)8-10-6-7-11(16(10)14)9-22-23(3,19)20;1-3-14-7-9-5-4-8-6-10(16)12(18-2)11(13(14)17)15(8)9;1-2;2-1-4-3;;;/h8,11H,4-7,9H2,1-3H3;6,9H,3-5,7H2,1-2H3;1H3;1,3H;;;/q;;;;2*+1;-1/p-1/i;;1D;;;;. The Kier molecular flexibility index (Phi) is 22.7. The maximum atomic E-state index is 12.5. The van der Waals surface area contributed by atoms with Gasteiger partial charge in [0.25, 0.3) is 22.5 Å². The number of likely N-dealkylation sites (N-methyl/N-ethyl adjacent to an activating group) is 1. The monoisotopic (exact) mass is 954 g/mol. The van der Waals surface area contributed by atoms with Crippen LogP contribution in [0.4, 0.5) is 4.39 Å². The maximum absolute atomic E-state index is 12.5. The number of nitrogens with zero attached hydrogens (tertiary/aromatic N) is 3. The van der Waals surface area contributed by atoms with Crippen LogP contribution in [0.5, 0.6) is 11.5 Å². The number of fused-ring (bicyclic) bond motifs is 1. The zero-order chi connectivity index (χ0) is 36.2. The Labute approximate surface area is 405 Å². The van der Waals surface area contributed by atoms with E-state index in [4.69, 9.17) is 25.1 Å². The predicted molar refractivity (Wildman–Crippen MR) is 166 cm³/mol. The zero-order valence-electron chi connectivity index (χ0n) is 31.0. The summed E-state index contributed by atoms with van der Waals surface area (Å²) in [7, 11) is -1.78. The third-order valence-corrected chi connectivity index (χ3v) is 8.30. The molecule has 3 aliphatic heterocycles. The quantitative estimate of drug-likeness (QED) is 0.0728. The molecular weight excluding hydrogens is 911 g/mol. The molecule has 0 spiro atoms. The van der Waals surface area contributed by atoms with Crippen molar-refractivity contribution in [3.63, 3.8) is 0 Å². The van der Waals surface area contributed by atoms with Crippen LogP contribution in [0.2, 0.25) is 0 Å². The van der Waals surface area contributed by atoms with E-state index >= 15 is 0 Å². The van der Waals surface area contributed by atoms with Gasteiger partial charge in [0, 0.05) is 43.0 Å². The smallest absolute Gasteiger partial charge is 1.00 e. The number of ketones is 1. The van der Waals surface area contributed by atoms with Gasteiger partial charge in [0.2, 0.25) is 10.9 Å². The van der Waals surface area contributed by atoms with Crippen molar-refractivity contribution in [2.75, 3.05) is 47.3 Å². The van der Waals surface area contributed by atoms with Gasteiger partial charge in [-0.05, 0) is 39.0 Å². The average molecular weight is 955 g/mol. The number of rotatable bonds is 10. The summed E-state index contributed by atoms with van der Waals surface area (Å²) < 4.78 is 56.9. The van der Waals surface area contributed by atoms with E-state index in [0.29, 0.717) is 49.7 Å². The molecule has 0 fully saturated rings. The van der Waals surface area contributed by atoms with Gasteiger partial charge < -0.3 is 35.1 Å². The van der Waals surface area contributed by atoms with Crippen molar-refractivity contribution in [3.8, 4) is 11.5 Å². The number of halogens is 1. The van der Waals surface area contributed by atoms with Crippen LogP contribution in [-0.2, 0) is 36.8 Å². The molecule has 0 saturated carbocycles. The van der Waals surface area contributed by atoms with Crippen molar-refractivity contribution in [1.82, 2.24) is 14.0 Å². The minimum Gasteiger partial charge on any atom is -1.00 e. The van der Waals surface area contributed by atoms with E-state index < -0.39 is 17.3 Å².